The molecule has 0 aliphatic carbocycles. The Morgan fingerprint density at radius 2 is 1.96 bits per heavy atom. The van der Waals surface area contributed by atoms with Crippen LogP contribution in [0.3, 0.4) is 0 Å². The molecule has 0 spiro atoms. The highest BCUT2D eigenvalue weighted by molar-refractivity contribution is 7.99. The summed E-state index contributed by atoms with van der Waals surface area (Å²) in [6.45, 7) is 1.60. The predicted molar refractivity (Wildman–Crippen MR) is 101 cm³/mol. The molecule has 3 rings (SSSR count). The van der Waals surface area contributed by atoms with Gasteiger partial charge < -0.3 is 10.6 Å². The molecule has 2 aromatic rings. The van der Waals surface area contributed by atoms with Crippen molar-refractivity contribution in [2.75, 3.05) is 11.1 Å². The number of anilines is 1. The SMILES string of the molecule is CC1(c2cccc(NC(=O)CCSc3ccccc3F)c2)NC(=O)NC1=O. The number of thioether (sulfide) groups is 1. The van der Waals surface area contributed by atoms with Crippen LogP contribution in [0.15, 0.2) is 53.4 Å². The average Bonchev–Trinajstić information content (AvgIpc) is 2.90. The van der Waals surface area contributed by atoms with Crippen LogP contribution in [0.2, 0.25) is 0 Å². The maximum absolute atomic E-state index is 13.6. The first-order valence-corrected chi connectivity index (χ1v) is 9.28. The third kappa shape index (κ3) is 4.28. The lowest BCUT2D eigenvalue weighted by Gasteiger charge is -2.21. The second-order valence-electron chi connectivity index (χ2n) is 6.19. The molecule has 0 bridgehead atoms. The van der Waals surface area contributed by atoms with Gasteiger partial charge in [0.1, 0.15) is 11.4 Å². The first-order chi connectivity index (χ1) is 12.9. The van der Waals surface area contributed by atoms with E-state index < -0.39 is 17.5 Å². The lowest BCUT2D eigenvalue weighted by Crippen LogP contribution is -2.40. The van der Waals surface area contributed by atoms with Crippen LogP contribution in [-0.4, -0.2) is 23.6 Å². The van der Waals surface area contributed by atoms with E-state index in [1.165, 1.54) is 17.8 Å². The summed E-state index contributed by atoms with van der Waals surface area (Å²) in [7, 11) is 0. The molecule has 27 heavy (non-hydrogen) atoms. The summed E-state index contributed by atoms with van der Waals surface area (Å²) >= 11 is 1.27. The van der Waals surface area contributed by atoms with Gasteiger partial charge in [0.25, 0.3) is 5.91 Å². The third-order valence-electron chi connectivity index (χ3n) is 4.19. The van der Waals surface area contributed by atoms with Crippen molar-refractivity contribution in [3.05, 3.63) is 59.9 Å². The summed E-state index contributed by atoms with van der Waals surface area (Å²) < 4.78 is 13.6. The van der Waals surface area contributed by atoms with Gasteiger partial charge in [-0.1, -0.05) is 24.3 Å². The van der Waals surface area contributed by atoms with E-state index >= 15 is 0 Å². The number of hydrogen-bond donors (Lipinski definition) is 3. The van der Waals surface area contributed by atoms with E-state index in [0.29, 0.717) is 21.9 Å². The number of carbonyl (C=O) groups excluding carboxylic acids is 3. The van der Waals surface area contributed by atoms with Crippen LogP contribution in [-0.2, 0) is 15.1 Å². The smallest absolute Gasteiger partial charge is 0.322 e. The Kier molecular flexibility index (Phi) is 5.46. The fraction of sp³-hybridized carbons (Fsp3) is 0.211. The van der Waals surface area contributed by atoms with Gasteiger partial charge >= 0.3 is 6.03 Å². The Balaban J connectivity index is 1.59. The fourth-order valence-corrected chi connectivity index (χ4v) is 3.58. The number of urea groups is 1. The van der Waals surface area contributed by atoms with E-state index in [2.05, 4.69) is 16.0 Å². The number of nitrogens with one attached hydrogen (secondary N) is 3. The second-order valence-corrected chi connectivity index (χ2v) is 7.33. The number of halogens is 1. The molecule has 140 valence electrons. The Morgan fingerprint density at radius 3 is 2.67 bits per heavy atom. The van der Waals surface area contributed by atoms with Crippen LogP contribution in [0.4, 0.5) is 14.9 Å². The molecule has 1 unspecified atom stereocenters. The molecule has 1 atom stereocenters. The zero-order valence-electron chi connectivity index (χ0n) is 14.5. The van der Waals surface area contributed by atoms with E-state index in [4.69, 9.17) is 0 Å². The van der Waals surface area contributed by atoms with Crippen molar-refractivity contribution in [2.45, 2.75) is 23.8 Å². The van der Waals surface area contributed by atoms with Crippen molar-refractivity contribution in [1.82, 2.24) is 10.6 Å². The summed E-state index contributed by atoms with van der Waals surface area (Å²) in [6, 6.07) is 12.6. The average molecular weight is 387 g/mol. The number of imide groups is 1. The van der Waals surface area contributed by atoms with E-state index in [1.807, 2.05) is 0 Å². The molecule has 8 heteroatoms. The standard InChI is InChI=1S/C19H18FN3O3S/c1-19(17(25)22-18(26)23-19)12-5-4-6-13(11-12)21-16(24)9-10-27-15-8-3-2-7-14(15)20/h2-8,11H,9-10H2,1H3,(H,21,24)(H2,22,23,25,26). The minimum absolute atomic E-state index is 0.206. The monoisotopic (exact) mass is 387 g/mol. The van der Waals surface area contributed by atoms with Gasteiger partial charge in [-0.05, 0) is 36.8 Å². The molecule has 0 radical (unpaired) electrons. The minimum atomic E-state index is -1.18. The van der Waals surface area contributed by atoms with Gasteiger partial charge in [0.2, 0.25) is 5.91 Å². The Hall–Kier alpha value is -2.87. The van der Waals surface area contributed by atoms with Crippen molar-refractivity contribution < 1.29 is 18.8 Å². The molecule has 1 saturated heterocycles. The normalized spacial score (nSPS) is 18.7. The molecule has 1 heterocycles. The summed E-state index contributed by atoms with van der Waals surface area (Å²) in [6.07, 6.45) is 0.206. The van der Waals surface area contributed by atoms with E-state index in [0.717, 1.165) is 0 Å². The zero-order chi connectivity index (χ0) is 19.4. The first-order valence-electron chi connectivity index (χ1n) is 8.30. The van der Waals surface area contributed by atoms with E-state index in [-0.39, 0.29) is 18.1 Å². The molecule has 1 fully saturated rings. The van der Waals surface area contributed by atoms with Crippen LogP contribution < -0.4 is 16.0 Å². The molecule has 0 saturated carbocycles. The highest BCUT2D eigenvalue weighted by atomic mass is 32.2. The number of hydrogen-bond acceptors (Lipinski definition) is 4. The van der Waals surface area contributed by atoms with Crippen LogP contribution in [0.5, 0.6) is 0 Å². The zero-order valence-corrected chi connectivity index (χ0v) is 15.4. The van der Waals surface area contributed by atoms with Crippen LogP contribution >= 0.6 is 11.8 Å². The molecule has 3 N–H and O–H groups in total. The molecule has 2 aromatic carbocycles. The fourth-order valence-electron chi connectivity index (χ4n) is 2.69. The lowest BCUT2D eigenvalue weighted by molar-refractivity contribution is -0.123. The van der Waals surface area contributed by atoms with Crippen molar-refractivity contribution in [3.63, 3.8) is 0 Å². The van der Waals surface area contributed by atoms with Gasteiger partial charge in [0.05, 0.1) is 0 Å². The number of carbonyl (C=O) groups is 3. The maximum Gasteiger partial charge on any atom is 0.322 e. The number of amides is 4. The molecule has 4 amide bonds. The molecule has 1 aliphatic heterocycles. The predicted octanol–water partition coefficient (Wildman–Crippen LogP) is 3.00. The van der Waals surface area contributed by atoms with Gasteiger partial charge in [-0.3, -0.25) is 14.9 Å². The molecular weight excluding hydrogens is 369 g/mol. The molecular formula is C19H18FN3O3S. The Morgan fingerprint density at radius 1 is 1.19 bits per heavy atom. The Bertz CT molecular complexity index is 905. The molecule has 1 aliphatic rings. The van der Waals surface area contributed by atoms with E-state index in [9.17, 15) is 18.8 Å². The highest BCUT2D eigenvalue weighted by Gasteiger charge is 2.43. The third-order valence-corrected chi connectivity index (χ3v) is 5.24. The largest absolute Gasteiger partial charge is 0.326 e. The summed E-state index contributed by atoms with van der Waals surface area (Å²) in [5.74, 6) is -0.540. The summed E-state index contributed by atoms with van der Waals surface area (Å²) in [5, 5.41) is 7.55. The first kappa shape index (κ1) is 18.9. The van der Waals surface area contributed by atoms with Gasteiger partial charge in [0.15, 0.2) is 0 Å². The van der Waals surface area contributed by atoms with Crippen molar-refractivity contribution in [2.24, 2.45) is 0 Å². The second kappa shape index (κ2) is 7.79. The van der Waals surface area contributed by atoms with Crippen molar-refractivity contribution in [3.8, 4) is 0 Å². The number of rotatable bonds is 6. The van der Waals surface area contributed by atoms with Gasteiger partial charge in [-0.15, -0.1) is 11.8 Å². The highest BCUT2D eigenvalue weighted by Crippen LogP contribution is 2.27. The summed E-state index contributed by atoms with van der Waals surface area (Å²) in [4.78, 5) is 36.1. The van der Waals surface area contributed by atoms with E-state index in [1.54, 1.807) is 49.4 Å². The molecule has 6 nitrogen and oxygen atoms in total. The topological polar surface area (TPSA) is 87.3 Å². The van der Waals surface area contributed by atoms with Crippen LogP contribution in [0.1, 0.15) is 18.9 Å². The van der Waals surface area contributed by atoms with Gasteiger partial charge in [-0.2, -0.15) is 0 Å². The van der Waals surface area contributed by atoms with Gasteiger partial charge in [0, 0.05) is 22.8 Å². The van der Waals surface area contributed by atoms with Crippen molar-refractivity contribution in [1.29, 1.82) is 0 Å². The van der Waals surface area contributed by atoms with Gasteiger partial charge in [-0.25, -0.2) is 9.18 Å². The molecule has 0 aromatic heterocycles. The minimum Gasteiger partial charge on any atom is -0.326 e. The lowest BCUT2D eigenvalue weighted by atomic mass is 9.92. The van der Waals surface area contributed by atoms with Crippen molar-refractivity contribution >= 4 is 35.3 Å². The van der Waals surface area contributed by atoms with Crippen LogP contribution in [0.25, 0.3) is 0 Å². The number of benzene rings is 2. The Labute approximate surface area is 159 Å². The maximum atomic E-state index is 13.6. The van der Waals surface area contributed by atoms with Crippen LogP contribution in [0, 0.1) is 5.82 Å². The summed E-state index contributed by atoms with van der Waals surface area (Å²) in [5.41, 5.74) is -0.105. The quantitative estimate of drug-likeness (QED) is 0.525.